The van der Waals surface area contributed by atoms with E-state index in [9.17, 15) is 14.2 Å². The number of hydrogen-bond acceptors (Lipinski definition) is 6. The highest BCUT2D eigenvalue weighted by Gasteiger charge is 2.23. The lowest BCUT2D eigenvalue weighted by Gasteiger charge is -2.18. The molecule has 286 valence electrons. The molecule has 0 aliphatic heterocycles. The molecule has 0 spiro atoms. The third-order valence-corrected chi connectivity index (χ3v) is 9.83. The van der Waals surface area contributed by atoms with Crippen molar-refractivity contribution in [3.05, 3.63) is 0 Å². The topological polar surface area (TPSA) is 119 Å². The van der Waals surface area contributed by atoms with Crippen LogP contribution in [-0.4, -0.2) is 41.0 Å². The second-order valence-corrected chi connectivity index (χ2v) is 15.9. The molecule has 0 aromatic heterocycles. The molecule has 0 fully saturated rings. The Kier molecular flexibility index (Phi) is 32.6. The molecule has 0 saturated carbocycles. The molecule has 0 aliphatic carbocycles. The highest BCUT2D eigenvalue weighted by Crippen LogP contribution is 2.36. The third kappa shape index (κ3) is 36.3. The van der Waals surface area contributed by atoms with Crippen LogP contribution in [0.15, 0.2) is 0 Å². The van der Waals surface area contributed by atoms with E-state index in [-0.39, 0.29) is 19.4 Å². The molecule has 0 aliphatic rings. The molecule has 8 nitrogen and oxygen atoms in total. The highest BCUT2D eigenvalue weighted by atomic mass is 31.2. The number of unbranched alkanes of at least 4 members (excludes halogenated alkanes) is 21. The van der Waals surface area contributed by atoms with Gasteiger partial charge in [-0.05, 0) is 24.7 Å². The molecule has 0 amide bonds. The first-order valence-corrected chi connectivity index (χ1v) is 21.6. The Balaban J connectivity index is 3.88. The van der Waals surface area contributed by atoms with Crippen molar-refractivity contribution in [1.29, 1.82) is 0 Å². The predicted molar refractivity (Wildman–Crippen MR) is 198 cm³/mol. The fraction of sp³-hybridized carbons (Fsp3) is 0.949. The SMILES string of the molecule is CCC(C)CCCCCCCCCCC(=O)O[C@H](COC(=O)CCCCCCCCCCCCCCCCCC(C)C)COP(=O)(O)O. The van der Waals surface area contributed by atoms with E-state index in [0.29, 0.717) is 6.42 Å². The average Bonchev–Trinajstić information content (AvgIpc) is 3.03. The highest BCUT2D eigenvalue weighted by molar-refractivity contribution is 7.46. The van der Waals surface area contributed by atoms with Gasteiger partial charge in [-0.15, -0.1) is 0 Å². The molecule has 0 aromatic carbocycles. The molecular weight excluding hydrogens is 627 g/mol. The van der Waals surface area contributed by atoms with Crippen molar-refractivity contribution in [2.75, 3.05) is 13.2 Å². The van der Waals surface area contributed by atoms with Crippen molar-refractivity contribution in [2.24, 2.45) is 11.8 Å². The summed E-state index contributed by atoms with van der Waals surface area (Å²) < 4.78 is 26.3. The van der Waals surface area contributed by atoms with E-state index in [1.165, 1.54) is 122 Å². The molecule has 0 aromatic rings. The summed E-state index contributed by atoms with van der Waals surface area (Å²) >= 11 is 0. The molecular formula is C39H77O8P. The molecule has 0 heterocycles. The van der Waals surface area contributed by atoms with E-state index in [1.807, 2.05) is 0 Å². The first kappa shape index (κ1) is 47.0. The van der Waals surface area contributed by atoms with Crippen LogP contribution in [0.3, 0.4) is 0 Å². The molecule has 0 radical (unpaired) electrons. The number of carbonyl (C=O) groups is 2. The lowest BCUT2D eigenvalue weighted by atomic mass is 9.99. The maximum absolute atomic E-state index is 12.4. The molecule has 2 atom stereocenters. The van der Waals surface area contributed by atoms with Gasteiger partial charge in [-0.25, -0.2) is 4.57 Å². The van der Waals surface area contributed by atoms with E-state index in [1.54, 1.807) is 0 Å². The van der Waals surface area contributed by atoms with Gasteiger partial charge in [0.05, 0.1) is 6.61 Å². The normalized spacial score (nSPS) is 13.1. The summed E-state index contributed by atoms with van der Waals surface area (Å²) in [7, 11) is -4.74. The largest absolute Gasteiger partial charge is 0.469 e. The van der Waals surface area contributed by atoms with Crippen LogP contribution in [0.5, 0.6) is 0 Å². The second-order valence-electron chi connectivity index (χ2n) is 14.7. The van der Waals surface area contributed by atoms with Crippen LogP contribution in [-0.2, 0) is 28.2 Å². The number of phosphoric acid groups is 1. The minimum Gasteiger partial charge on any atom is -0.462 e. The molecule has 2 N–H and O–H groups in total. The van der Waals surface area contributed by atoms with Gasteiger partial charge in [0, 0.05) is 12.8 Å². The Morgan fingerprint density at radius 1 is 0.542 bits per heavy atom. The van der Waals surface area contributed by atoms with Gasteiger partial charge in [-0.3, -0.25) is 14.1 Å². The summed E-state index contributed by atoms with van der Waals surface area (Å²) in [4.78, 5) is 42.7. The van der Waals surface area contributed by atoms with E-state index in [4.69, 9.17) is 19.3 Å². The van der Waals surface area contributed by atoms with Gasteiger partial charge >= 0.3 is 19.8 Å². The summed E-state index contributed by atoms with van der Waals surface area (Å²) in [6.45, 7) is 8.36. The Bertz CT molecular complexity index is 784. The first-order valence-electron chi connectivity index (χ1n) is 20.1. The molecule has 0 bridgehead atoms. The molecule has 9 heteroatoms. The van der Waals surface area contributed by atoms with Crippen LogP contribution in [0, 0.1) is 11.8 Å². The number of esters is 2. The van der Waals surface area contributed by atoms with Gasteiger partial charge in [0.25, 0.3) is 0 Å². The smallest absolute Gasteiger partial charge is 0.462 e. The van der Waals surface area contributed by atoms with Gasteiger partial charge in [0.2, 0.25) is 0 Å². The fourth-order valence-corrected chi connectivity index (χ4v) is 6.31. The van der Waals surface area contributed by atoms with Gasteiger partial charge < -0.3 is 19.3 Å². The van der Waals surface area contributed by atoms with Crippen molar-refractivity contribution >= 4 is 19.8 Å². The van der Waals surface area contributed by atoms with Crippen LogP contribution in [0.4, 0.5) is 0 Å². The predicted octanol–water partition coefficient (Wildman–Crippen LogP) is 11.8. The number of ether oxygens (including phenoxy) is 2. The fourth-order valence-electron chi connectivity index (χ4n) is 5.95. The quantitative estimate of drug-likeness (QED) is 0.0376. The second kappa shape index (κ2) is 33.2. The average molecular weight is 705 g/mol. The van der Waals surface area contributed by atoms with Crippen molar-refractivity contribution in [3.8, 4) is 0 Å². The van der Waals surface area contributed by atoms with Crippen LogP contribution in [0.1, 0.15) is 207 Å². The number of phosphoric ester groups is 1. The van der Waals surface area contributed by atoms with Gasteiger partial charge in [-0.1, -0.05) is 182 Å². The van der Waals surface area contributed by atoms with Crippen LogP contribution in [0.25, 0.3) is 0 Å². The van der Waals surface area contributed by atoms with E-state index in [0.717, 1.165) is 50.4 Å². The minimum atomic E-state index is -4.74. The number of hydrogen-bond donors (Lipinski definition) is 2. The lowest BCUT2D eigenvalue weighted by Crippen LogP contribution is -2.29. The van der Waals surface area contributed by atoms with Crippen molar-refractivity contribution in [1.82, 2.24) is 0 Å². The van der Waals surface area contributed by atoms with Crippen LogP contribution >= 0.6 is 7.82 Å². The third-order valence-electron chi connectivity index (χ3n) is 9.34. The van der Waals surface area contributed by atoms with Gasteiger partial charge in [0.15, 0.2) is 6.10 Å². The van der Waals surface area contributed by atoms with Crippen LogP contribution in [0.2, 0.25) is 0 Å². The number of carbonyl (C=O) groups excluding carboxylic acids is 2. The van der Waals surface area contributed by atoms with E-state index in [2.05, 4.69) is 32.2 Å². The maximum atomic E-state index is 12.4. The van der Waals surface area contributed by atoms with Crippen LogP contribution < -0.4 is 0 Å². The van der Waals surface area contributed by atoms with Crippen molar-refractivity contribution in [2.45, 2.75) is 214 Å². The lowest BCUT2D eigenvalue weighted by molar-refractivity contribution is -0.161. The summed E-state index contributed by atoms with van der Waals surface area (Å²) in [6.07, 6.45) is 31.2. The monoisotopic (exact) mass is 705 g/mol. The van der Waals surface area contributed by atoms with Crippen molar-refractivity contribution in [3.63, 3.8) is 0 Å². The first-order chi connectivity index (χ1) is 23.0. The zero-order valence-electron chi connectivity index (χ0n) is 31.7. The Hall–Kier alpha value is -0.950. The molecule has 0 saturated heterocycles. The van der Waals surface area contributed by atoms with Crippen molar-refractivity contribution < 1.29 is 37.9 Å². The standard InChI is InChI=1S/C39H77O8P/c1-5-36(4)30-26-22-18-15-16-20-24-28-32-39(41)47-37(34-46-48(42,43)44)33-45-38(40)31-27-23-19-14-12-10-8-6-7-9-11-13-17-21-25-29-35(2)3/h35-37H,5-34H2,1-4H3,(H2,42,43,44)/t36?,37-/m1/s1. The zero-order valence-corrected chi connectivity index (χ0v) is 32.6. The summed E-state index contributed by atoms with van der Waals surface area (Å²) in [6, 6.07) is 0. The number of rotatable bonds is 36. The maximum Gasteiger partial charge on any atom is 0.469 e. The molecule has 48 heavy (non-hydrogen) atoms. The van der Waals surface area contributed by atoms with E-state index >= 15 is 0 Å². The zero-order chi connectivity index (χ0) is 35.7. The summed E-state index contributed by atoms with van der Waals surface area (Å²) in [5.41, 5.74) is 0. The Morgan fingerprint density at radius 3 is 1.31 bits per heavy atom. The van der Waals surface area contributed by atoms with Gasteiger partial charge in [0.1, 0.15) is 6.61 Å². The Labute approximate surface area is 295 Å². The minimum absolute atomic E-state index is 0.216. The summed E-state index contributed by atoms with van der Waals surface area (Å²) in [5.74, 6) is 0.786. The Morgan fingerprint density at radius 2 is 0.917 bits per heavy atom. The van der Waals surface area contributed by atoms with E-state index < -0.39 is 32.5 Å². The summed E-state index contributed by atoms with van der Waals surface area (Å²) in [5, 5.41) is 0. The molecule has 1 unspecified atom stereocenters. The molecule has 0 rings (SSSR count). The van der Waals surface area contributed by atoms with Gasteiger partial charge in [-0.2, -0.15) is 0 Å².